The van der Waals surface area contributed by atoms with Gasteiger partial charge in [0.2, 0.25) is 0 Å². The van der Waals surface area contributed by atoms with E-state index in [2.05, 4.69) is 313 Å². The van der Waals surface area contributed by atoms with E-state index >= 15 is 0 Å². The summed E-state index contributed by atoms with van der Waals surface area (Å²) in [6.45, 7) is 3.76. The summed E-state index contributed by atoms with van der Waals surface area (Å²) in [5.41, 5.74) is 6.08. The van der Waals surface area contributed by atoms with Crippen molar-refractivity contribution in [2.75, 3.05) is 0 Å². The minimum absolute atomic E-state index is 0.382. The van der Waals surface area contributed by atoms with Gasteiger partial charge >= 0.3 is 408 Å². The molecule has 260 valence electrons. The van der Waals surface area contributed by atoms with Gasteiger partial charge in [0, 0.05) is 0 Å². The Morgan fingerprint density at radius 2 is 0.744 bits per heavy atom. The average Bonchev–Trinajstić information content (AvgIpc) is 3.44. The number of rotatable bonds is 14. The molecule has 0 fully saturated rings. The first kappa shape index (κ1) is 60.0. The summed E-state index contributed by atoms with van der Waals surface area (Å²) < 4.78 is 0. The molecule has 39 heavy (non-hydrogen) atoms. The molecule has 0 spiro atoms. The van der Waals surface area contributed by atoms with Crippen molar-refractivity contribution in [1.29, 1.82) is 0 Å². The summed E-state index contributed by atoms with van der Waals surface area (Å²) in [7, 11) is -6.50. The number of H-pyrrole nitrogens is 1. The molecule has 0 aliphatic rings. The Kier molecular flexibility index (Phi) is 52.9. The molecule has 0 aliphatic heterocycles. The number of aromatic nitrogens is 3. The maximum atomic E-state index is 5.68. The topological polar surface area (TPSA) is 67.6 Å². The second kappa shape index (κ2) is 34.4. The summed E-state index contributed by atoms with van der Waals surface area (Å²) in [6, 6.07) is 0. The van der Waals surface area contributed by atoms with Crippen LogP contribution in [0.2, 0.25) is 0 Å². The fourth-order valence-electron chi connectivity index (χ4n) is 0.882. The van der Waals surface area contributed by atoms with Gasteiger partial charge in [-0.25, -0.2) is 0 Å². The molecule has 1 rings (SSSR count). The third-order valence-electron chi connectivity index (χ3n) is 2.14. The predicted octanol–water partition coefficient (Wildman–Crippen LogP) is 26.6. The van der Waals surface area contributed by atoms with Crippen molar-refractivity contribution in [3.63, 3.8) is 0 Å². The Labute approximate surface area is 437 Å². The first-order valence-electron chi connectivity index (χ1n) is 6.90. The molecule has 0 unspecified atom stereocenters. The Bertz CT molecular complexity index is 728. The third kappa shape index (κ3) is 25.9. The van der Waals surface area contributed by atoms with Crippen LogP contribution in [-0.2, 0) is 5.54 Å². The van der Waals surface area contributed by atoms with Crippen molar-refractivity contribution in [3.8, 4) is 0 Å². The van der Waals surface area contributed by atoms with Gasteiger partial charge in [-0.2, -0.15) is 15.4 Å². The van der Waals surface area contributed by atoms with Gasteiger partial charge in [-0.1, -0.05) is 0 Å². The van der Waals surface area contributed by atoms with Crippen LogP contribution in [-0.4, -0.2) is 15.4 Å². The van der Waals surface area contributed by atoms with Crippen LogP contribution in [0.4, 0.5) is 0 Å². The van der Waals surface area contributed by atoms with Crippen LogP contribution >= 0.6 is 408 Å². The van der Waals surface area contributed by atoms with E-state index in [0.29, 0.717) is 0 Å². The van der Waals surface area contributed by atoms with E-state index in [-0.39, 0.29) is 5.54 Å². The van der Waals surface area contributed by atoms with E-state index in [9.17, 15) is 0 Å². The Hall–Kier alpha value is 21.0. The van der Waals surface area contributed by atoms with Crippen molar-refractivity contribution < 1.29 is 0 Å². The van der Waals surface area contributed by atoms with Gasteiger partial charge in [0.05, 0.1) is 11.7 Å². The van der Waals surface area contributed by atoms with Crippen LogP contribution in [0.15, 0.2) is 6.20 Å². The van der Waals surface area contributed by atoms with Crippen molar-refractivity contribution in [1.82, 2.24) is 15.4 Å². The van der Waals surface area contributed by atoms with E-state index in [1.54, 1.807) is 6.20 Å². The van der Waals surface area contributed by atoms with E-state index in [1.165, 1.54) is 0 Å². The second-order valence-corrected chi connectivity index (χ2v) is 687. The molecule has 1 heterocycles. The van der Waals surface area contributed by atoms with Crippen molar-refractivity contribution in [2.45, 2.75) is 19.4 Å². The molecule has 0 amide bonds. The molecule has 0 saturated heterocycles. The normalized spacial score (nSPS) is 16.9. The van der Waals surface area contributed by atoms with E-state index in [1.807, 2.05) is 13.8 Å². The second-order valence-electron chi connectivity index (χ2n) is 4.84. The molecule has 1 aromatic rings. The zero-order chi connectivity index (χ0) is 31.0. The fraction of sp³-hybridized carbons (Fsp3) is 0.600. The van der Waals surface area contributed by atoms with Crippen molar-refractivity contribution >= 4 is 408 Å². The number of nitrogens with zero attached hydrogens (tertiary/aromatic N) is 2. The number of halogens is 30. The summed E-state index contributed by atoms with van der Waals surface area (Å²) in [5, 5.41) is 9.96. The number of nitrogens with one attached hydrogen (secondary N) is 1. The molecule has 0 aromatic carbocycles. The summed E-state index contributed by atoms with van der Waals surface area (Å²) in [6.07, 6.45) is 1.62. The van der Waals surface area contributed by atoms with Gasteiger partial charge in [-0.3, -0.25) is 0 Å². The van der Waals surface area contributed by atoms with Gasteiger partial charge < -0.3 is 5.73 Å². The van der Waals surface area contributed by atoms with Crippen LogP contribution in [0.3, 0.4) is 0 Å². The maximum absolute atomic E-state index is 5.68. The molecular formula is C5H10I30N4. The third-order valence-corrected chi connectivity index (χ3v) is 2150. The Balaban J connectivity index is 0.00000134. The summed E-state index contributed by atoms with van der Waals surface area (Å²) in [5.74, 6) is 0. The van der Waals surface area contributed by atoms with Crippen molar-refractivity contribution in [3.05, 3.63) is 11.9 Å². The monoisotopic (exact) mass is 3930 g/mol. The zero-order valence-electron chi connectivity index (χ0n) is 16.9. The molecule has 4 nitrogen and oxygen atoms in total. The predicted molar refractivity (Wildman–Crippen MR) is 454 cm³/mol. The zero-order valence-corrected chi connectivity index (χ0v) is 81.6. The Morgan fingerprint density at radius 1 is 0.513 bits per heavy atom. The van der Waals surface area contributed by atoms with Crippen LogP contribution < -0.4 is 5.73 Å². The number of nitrogens with two attached hydrogens (primary N) is 1. The molecule has 0 bridgehead atoms. The molecule has 0 aliphatic carbocycles. The Morgan fingerprint density at radius 3 is 0.872 bits per heavy atom. The van der Waals surface area contributed by atoms with Crippen LogP contribution in [0.1, 0.15) is 19.5 Å². The standard InChI is InChI=1S/C5H10N4.I30/c1-5(2,6)4-3-7-9-8-4;1-17(2)19(5)21(7)23(9)25(11)27(13)29(15)30(16)28(14)26(12)24(10)22(8)20(6)18(3)4/h3H,6H2,1-2H3,(H,7,8,9);. The average molecular weight is 3930 g/mol. The van der Waals surface area contributed by atoms with E-state index in [4.69, 9.17) is 5.73 Å². The molecule has 3 N–H and O–H groups in total. The molecule has 0 atom stereocenters. The molecule has 0 saturated carbocycles. The molecule has 0 radical (unpaired) electrons. The number of hydrogen-bond acceptors (Lipinski definition) is 3. The minimum atomic E-state index is -0.488. The molecule has 1 aromatic heterocycles. The fourth-order valence-corrected chi connectivity index (χ4v) is 5030. The summed E-state index contributed by atoms with van der Waals surface area (Å²) >= 11 is 50.3. The summed E-state index contributed by atoms with van der Waals surface area (Å²) in [4.78, 5) is 0. The number of hydrogen-bond donors (Lipinski definition) is 2. The first-order chi connectivity index (χ1) is 17.7. The number of aromatic amines is 1. The van der Waals surface area contributed by atoms with Crippen LogP contribution in [0.5, 0.6) is 0 Å². The van der Waals surface area contributed by atoms with Crippen LogP contribution in [0, 0.1) is 0 Å². The molecular weight excluding hydrogens is 3920 g/mol. The van der Waals surface area contributed by atoms with Gasteiger partial charge in [0.1, 0.15) is 5.69 Å². The SMILES string of the molecule is CC(C)(N)c1cn[nH]n1.II(I)I(I)I(I)I(I)I(I)I(I)I(I)I(I)I(I)I(I)I(I)I(I)I(I)I(I)I. The van der Waals surface area contributed by atoms with Gasteiger partial charge in [0.25, 0.3) is 0 Å². The quantitative estimate of drug-likeness (QED) is 0.182. The van der Waals surface area contributed by atoms with Gasteiger partial charge in [0.15, 0.2) is 0 Å². The van der Waals surface area contributed by atoms with E-state index < -0.39 is 111 Å². The van der Waals surface area contributed by atoms with Crippen LogP contribution in [0.25, 0.3) is 0 Å². The molecule has 34 heteroatoms. The van der Waals surface area contributed by atoms with E-state index in [0.717, 1.165) is 5.69 Å². The van der Waals surface area contributed by atoms with Gasteiger partial charge in [-0.05, 0) is 13.8 Å². The van der Waals surface area contributed by atoms with Gasteiger partial charge in [-0.15, -0.1) is 0 Å². The van der Waals surface area contributed by atoms with Crippen molar-refractivity contribution in [2.24, 2.45) is 5.73 Å². The first-order valence-corrected chi connectivity index (χ1v) is 189.